The maximum absolute atomic E-state index is 3.13. The first-order valence-corrected chi connectivity index (χ1v) is 4.15. The van der Waals surface area contributed by atoms with Gasteiger partial charge < -0.3 is 4.98 Å². The predicted molar refractivity (Wildman–Crippen MR) is 51.3 cm³/mol. The van der Waals surface area contributed by atoms with Crippen molar-refractivity contribution in [3.8, 4) is 0 Å². The van der Waals surface area contributed by atoms with Gasteiger partial charge in [-0.1, -0.05) is 0 Å². The SMILES string of the molecule is Cc1cc2c[c][nH]c2c(C)c1C. The second-order valence-corrected chi connectivity index (χ2v) is 3.32. The standard InChI is InChI=1S/C11H12N/c1-7-6-10-4-5-12-11(10)9(3)8(7)2/h4,6,12H,1-3H3. The molecule has 1 radical (unpaired) electrons. The average Bonchev–Trinajstić information content (AvgIpc) is 2.48. The third-order valence-electron chi connectivity index (χ3n) is 2.61. The predicted octanol–water partition coefficient (Wildman–Crippen LogP) is 2.89. The zero-order valence-corrected chi connectivity index (χ0v) is 7.65. The summed E-state index contributed by atoms with van der Waals surface area (Å²) in [5.74, 6) is 0. The first-order valence-electron chi connectivity index (χ1n) is 4.15. The van der Waals surface area contributed by atoms with Crippen LogP contribution in [0.2, 0.25) is 0 Å². The van der Waals surface area contributed by atoms with Gasteiger partial charge in [0.15, 0.2) is 0 Å². The van der Waals surface area contributed by atoms with Gasteiger partial charge in [-0.2, -0.15) is 0 Å². The van der Waals surface area contributed by atoms with Crippen molar-refractivity contribution in [2.24, 2.45) is 0 Å². The number of hydrogen-bond donors (Lipinski definition) is 1. The van der Waals surface area contributed by atoms with E-state index >= 15 is 0 Å². The molecule has 0 saturated heterocycles. The lowest BCUT2D eigenvalue weighted by Crippen LogP contribution is -1.87. The summed E-state index contributed by atoms with van der Waals surface area (Å²) in [5, 5.41) is 1.26. The van der Waals surface area contributed by atoms with Crippen molar-refractivity contribution in [1.82, 2.24) is 4.98 Å². The van der Waals surface area contributed by atoms with Crippen LogP contribution in [-0.2, 0) is 0 Å². The minimum atomic E-state index is 1.22. The number of aromatic nitrogens is 1. The van der Waals surface area contributed by atoms with E-state index in [-0.39, 0.29) is 0 Å². The summed E-state index contributed by atoms with van der Waals surface area (Å²) in [6.45, 7) is 6.45. The smallest absolute Gasteiger partial charge is 0.0630 e. The molecule has 12 heavy (non-hydrogen) atoms. The molecule has 1 N–H and O–H groups in total. The molecule has 2 aromatic rings. The minimum Gasteiger partial charge on any atom is -0.353 e. The number of benzene rings is 1. The van der Waals surface area contributed by atoms with Crippen LogP contribution in [0.4, 0.5) is 0 Å². The molecule has 0 unspecified atom stereocenters. The first-order chi connectivity index (χ1) is 5.70. The van der Waals surface area contributed by atoms with Crippen molar-refractivity contribution in [2.75, 3.05) is 0 Å². The number of hydrogen-bond acceptors (Lipinski definition) is 0. The fourth-order valence-corrected chi connectivity index (χ4v) is 1.58. The Kier molecular flexibility index (Phi) is 1.47. The van der Waals surface area contributed by atoms with E-state index in [4.69, 9.17) is 0 Å². The Morgan fingerprint density at radius 1 is 1.17 bits per heavy atom. The van der Waals surface area contributed by atoms with Gasteiger partial charge in [0.05, 0.1) is 6.20 Å². The lowest BCUT2D eigenvalue weighted by molar-refractivity contribution is 1.28. The van der Waals surface area contributed by atoms with Crippen LogP contribution in [0.5, 0.6) is 0 Å². The van der Waals surface area contributed by atoms with Gasteiger partial charge in [-0.25, -0.2) is 0 Å². The van der Waals surface area contributed by atoms with Gasteiger partial charge in [0, 0.05) is 10.9 Å². The highest BCUT2D eigenvalue weighted by molar-refractivity contribution is 5.84. The lowest BCUT2D eigenvalue weighted by Gasteiger charge is -2.05. The van der Waals surface area contributed by atoms with E-state index in [1.807, 2.05) is 6.07 Å². The Balaban J connectivity index is 2.94. The summed E-state index contributed by atoms with van der Waals surface area (Å²) in [7, 11) is 0. The molecule has 1 aromatic heterocycles. The fourth-order valence-electron chi connectivity index (χ4n) is 1.58. The number of rotatable bonds is 0. The summed E-state index contributed by atoms with van der Waals surface area (Å²) >= 11 is 0. The maximum Gasteiger partial charge on any atom is 0.0630 e. The molecule has 61 valence electrons. The normalized spacial score (nSPS) is 10.9. The molecule has 0 aliphatic heterocycles. The summed E-state index contributed by atoms with van der Waals surface area (Å²) in [5.41, 5.74) is 5.29. The largest absolute Gasteiger partial charge is 0.353 e. The van der Waals surface area contributed by atoms with Crippen LogP contribution in [-0.4, -0.2) is 4.98 Å². The molecule has 1 heteroatoms. The molecule has 1 aromatic carbocycles. The number of H-pyrrole nitrogens is 1. The van der Waals surface area contributed by atoms with Crippen molar-refractivity contribution in [2.45, 2.75) is 20.8 Å². The van der Waals surface area contributed by atoms with E-state index in [2.05, 4.69) is 38.0 Å². The van der Waals surface area contributed by atoms with Crippen molar-refractivity contribution in [3.05, 3.63) is 35.0 Å². The molecule has 0 fully saturated rings. The highest BCUT2D eigenvalue weighted by Crippen LogP contribution is 2.22. The zero-order chi connectivity index (χ0) is 8.72. The third kappa shape index (κ3) is 0.860. The highest BCUT2D eigenvalue weighted by Gasteiger charge is 2.03. The van der Waals surface area contributed by atoms with Crippen molar-refractivity contribution in [1.29, 1.82) is 0 Å². The van der Waals surface area contributed by atoms with E-state index in [1.165, 1.54) is 27.6 Å². The van der Waals surface area contributed by atoms with Crippen LogP contribution < -0.4 is 0 Å². The van der Waals surface area contributed by atoms with Gasteiger partial charge in [0.2, 0.25) is 0 Å². The van der Waals surface area contributed by atoms with Crippen LogP contribution in [0.25, 0.3) is 10.9 Å². The fraction of sp³-hybridized carbons (Fsp3) is 0.273. The highest BCUT2D eigenvalue weighted by atomic mass is 14.7. The number of nitrogens with one attached hydrogen (secondary N) is 1. The van der Waals surface area contributed by atoms with Crippen LogP contribution >= 0.6 is 0 Å². The molecule has 2 rings (SSSR count). The topological polar surface area (TPSA) is 15.8 Å². The molecule has 1 heterocycles. The van der Waals surface area contributed by atoms with E-state index < -0.39 is 0 Å². The summed E-state index contributed by atoms with van der Waals surface area (Å²) in [6.07, 6.45) is 3.01. The van der Waals surface area contributed by atoms with Gasteiger partial charge in [-0.3, -0.25) is 0 Å². The molecule has 0 aliphatic rings. The number of aryl methyl sites for hydroxylation is 2. The Morgan fingerprint density at radius 3 is 2.67 bits per heavy atom. The molecule has 0 amide bonds. The monoisotopic (exact) mass is 158 g/mol. The van der Waals surface area contributed by atoms with Gasteiger partial charge in [-0.05, 0) is 49.6 Å². The summed E-state index contributed by atoms with van der Waals surface area (Å²) in [6, 6.07) is 4.19. The Morgan fingerprint density at radius 2 is 1.92 bits per heavy atom. The van der Waals surface area contributed by atoms with E-state index in [9.17, 15) is 0 Å². The third-order valence-corrected chi connectivity index (χ3v) is 2.61. The van der Waals surface area contributed by atoms with Crippen molar-refractivity contribution in [3.63, 3.8) is 0 Å². The van der Waals surface area contributed by atoms with Gasteiger partial charge in [0.25, 0.3) is 0 Å². The molecular formula is C11H12N. The quantitative estimate of drug-likeness (QED) is 0.606. The Labute approximate surface area is 72.4 Å². The molecule has 1 nitrogen and oxygen atoms in total. The lowest BCUT2D eigenvalue weighted by atomic mass is 10.0. The maximum atomic E-state index is 3.13. The van der Waals surface area contributed by atoms with Gasteiger partial charge >= 0.3 is 0 Å². The number of fused-ring (bicyclic) bond motifs is 1. The van der Waals surface area contributed by atoms with Crippen LogP contribution in [0.3, 0.4) is 0 Å². The Hall–Kier alpha value is -1.24. The van der Waals surface area contributed by atoms with E-state index in [0.29, 0.717) is 0 Å². The Bertz CT molecular complexity index is 424. The second-order valence-electron chi connectivity index (χ2n) is 3.32. The van der Waals surface area contributed by atoms with Crippen molar-refractivity contribution >= 4 is 10.9 Å². The zero-order valence-electron chi connectivity index (χ0n) is 7.65. The van der Waals surface area contributed by atoms with Gasteiger partial charge in [0.1, 0.15) is 0 Å². The van der Waals surface area contributed by atoms with E-state index in [1.54, 1.807) is 0 Å². The first kappa shape index (κ1) is 7.41. The summed E-state index contributed by atoms with van der Waals surface area (Å²) < 4.78 is 0. The molecule has 0 aliphatic carbocycles. The molecule has 0 saturated carbocycles. The molecule has 0 spiro atoms. The summed E-state index contributed by atoms with van der Waals surface area (Å²) in [4.78, 5) is 3.13. The molecule has 0 bridgehead atoms. The van der Waals surface area contributed by atoms with Gasteiger partial charge in [-0.15, -0.1) is 0 Å². The van der Waals surface area contributed by atoms with E-state index in [0.717, 1.165) is 0 Å². The van der Waals surface area contributed by atoms with Crippen LogP contribution in [0, 0.1) is 27.0 Å². The van der Waals surface area contributed by atoms with Crippen molar-refractivity contribution < 1.29 is 0 Å². The van der Waals surface area contributed by atoms with Crippen LogP contribution in [0.15, 0.2) is 12.1 Å². The number of aromatic amines is 1. The van der Waals surface area contributed by atoms with Crippen LogP contribution in [0.1, 0.15) is 16.7 Å². The molecular weight excluding hydrogens is 146 g/mol. The average molecular weight is 158 g/mol. The minimum absolute atomic E-state index is 1.22. The second kappa shape index (κ2) is 2.37. The molecule has 0 atom stereocenters.